The van der Waals surface area contributed by atoms with Crippen LogP contribution in [0, 0.1) is 23.2 Å². The van der Waals surface area contributed by atoms with Gasteiger partial charge in [-0.3, -0.25) is 9.59 Å². The van der Waals surface area contributed by atoms with Crippen LogP contribution in [0.5, 0.6) is 0 Å². The third-order valence-electron chi connectivity index (χ3n) is 5.71. The molecule has 4 nitrogen and oxygen atoms in total. The fourth-order valence-corrected chi connectivity index (χ4v) is 4.22. The van der Waals surface area contributed by atoms with Crippen molar-refractivity contribution in [2.24, 2.45) is 23.2 Å². The zero-order chi connectivity index (χ0) is 17.3. The van der Waals surface area contributed by atoms with Gasteiger partial charge in [-0.05, 0) is 31.7 Å². The second kappa shape index (κ2) is 6.42. The lowest BCUT2D eigenvalue weighted by Crippen LogP contribution is -2.50. The molecule has 1 saturated heterocycles. The van der Waals surface area contributed by atoms with Gasteiger partial charge in [0.15, 0.2) is 0 Å². The number of esters is 1. The second-order valence-electron chi connectivity index (χ2n) is 7.03. The van der Waals surface area contributed by atoms with Crippen LogP contribution in [-0.4, -0.2) is 24.5 Å². The molecule has 0 radical (unpaired) electrons. The van der Waals surface area contributed by atoms with E-state index in [0.29, 0.717) is 6.61 Å². The van der Waals surface area contributed by atoms with Gasteiger partial charge in [0.1, 0.15) is 0 Å². The van der Waals surface area contributed by atoms with Gasteiger partial charge in [0.05, 0.1) is 17.9 Å². The lowest BCUT2D eigenvalue weighted by atomic mass is 9.59. The Morgan fingerprint density at radius 3 is 2.62 bits per heavy atom. The topological polar surface area (TPSA) is 55.4 Å². The molecule has 1 aliphatic carbocycles. The molecule has 0 aromatic heterocycles. The Morgan fingerprint density at radius 2 is 1.96 bits per heavy atom. The first-order valence-corrected chi connectivity index (χ1v) is 8.68. The van der Waals surface area contributed by atoms with Gasteiger partial charge in [0.25, 0.3) is 0 Å². The van der Waals surface area contributed by atoms with Crippen LogP contribution in [0.15, 0.2) is 42.5 Å². The number of rotatable bonds is 4. The van der Waals surface area contributed by atoms with Crippen LogP contribution in [0.25, 0.3) is 0 Å². The van der Waals surface area contributed by atoms with Crippen LogP contribution in [0.4, 0.5) is 0 Å². The maximum Gasteiger partial charge on any atom is 0.312 e. The zero-order valence-corrected chi connectivity index (χ0v) is 14.5. The minimum atomic E-state index is -0.700. The molecule has 1 N–H and O–H groups in total. The molecule has 1 aliphatic heterocycles. The molecule has 5 atom stereocenters. The Morgan fingerprint density at radius 1 is 1.25 bits per heavy atom. The first-order chi connectivity index (χ1) is 11.5. The number of hydrogen-bond donors (Lipinski definition) is 1. The Hall–Kier alpha value is -2.10. The second-order valence-corrected chi connectivity index (χ2v) is 7.03. The van der Waals surface area contributed by atoms with E-state index in [1.54, 1.807) is 0 Å². The maximum absolute atomic E-state index is 12.8. The quantitative estimate of drug-likeness (QED) is 0.683. The molecule has 2 aliphatic rings. The number of ether oxygens (including phenoxy) is 1. The number of carbonyl (C=O) groups excluding carboxylic acids is 2. The summed E-state index contributed by atoms with van der Waals surface area (Å²) in [7, 11) is 0. The number of hydrogen-bond acceptors (Lipinski definition) is 3. The summed E-state index contributed by atoms with van der Waals surface area (Å²) < 4.78 is 5.38. The summed E-state index contributed by atoms with van der Waals surface area (Å²) in [6, 6.07) is 10.0. The normalized spacial score (nSPS) is 34.5. The molecule has 0 unspecified atom stereocenters. The van der Waals surface area contributed by atoms with Crippen molar-refractivity contribution in [3.63, 3.8) is 0 Å². The average Bonchev–Trinajstić information content (AvgIpc) is 2.88. The molecule has 1 amide bonds. The largest absolute Gasteiger partial charge is 0.466 e. The Kier molecular flexibility index (Phi) is 4.48. The number of carbonyl (C=O) groups is 2. The highest BCUT2D eigenvalue weighted by Gasteiger charge is 2.58. The molecule has 1 fully saturated rings. The van der Waals surface area contributed by atoms with E-state index in [1.807, 2.05) is 51.1 Å². The third kappa shape index (κ3) is 2.64. The van der Waals surface area contributed by atoms with Gasteiger partial charge < -0.3 is 10.1 Å². The number of nitrogens with one attached hydrogen (secondary N) is 1. The van der Waals surface area contributed by atoms with Crippen molar-refractivity contribution in [1.82, 2.24) is 5.32 Å². The van der Waals surface area contributed by atoms with E-state index >= 15 is 0 Å². The van der Waals surface area contributed by atoms with Gasteiger partial charge >= 0.3 is 5.97 Å². The van der Waals surface area contributed by atoms with E-state index in [2.05, 4.69) is 17.4 Å². The molecule has 24 heavy (non-hydrogen) atoms. The molecule has 1 aromatic carbocycles. The molecule has 4 heteroatoms. The molecule has 1 heterocycles. The zero-order valence-electron chi connectivity index (χ0n) is 14.5. The highest BCUT2D eigenvalue weighted by Crippen LogP contribution is 2.50. The minimum Gasteiger partial charge on any atom is -0.466 e. The first-order valence-electron chi connectivity index (χ1n) is 8.68. The van der Waals surface area contributed by atoms with E-state index in [9.17, 15) is 9.59 Å². The first kappa shape index (κ1) is 16.7. The number of allylic oxidation sites excluding steroid dienone is 1. The van der Waals surface area contributed by atoms with Crippen molar-refractivity contribution in [2.45, 2.75) is 33.2 Å². The average molecular weight is 327 g/mol. The number of fused-ring (bicyclic) bond motifs is 1. The van der Waals surface area contributed by atoms with Crippen molar-refractivity contribution in [2.75, 3.05) is 6.61 Å². The Labute approximate surface area is 143 Å². The minimum absolute atomic E-state index is 0.0135. The Bertz CT molecular complexity index is 654. The summed E-state index contributed by atoms with van der Waals surface area (Å²) in [4.78, 5) is 25.3. The smallest absolute Gasteiger partial charge is 0.312 e. The summed E-state index contributed by atoms with van der Waals surface area (Å²) in [5.41, 5.74) is 0.463. The number of amides is 1. The summed E-state index contributed by atoms with van der Waals surface area (Å²) in [5.74, 6) is -0.511. The van der Waals surface area contributed by atoms with Crippen LogP contribution in [0.2, 0.25) is 0 Å². The molecule has 1 aromatic rings. The summed E-state index contributed by atoms with van der Waals surface area (Å²) in [6.45, 7) is 6.16. The SMILES string of the molecule is CCOC(=O)[C@@]1(C)[C@@H]2[C@H](Cc3ccccc3)NC(=O)[C@H]2C=C[C@H]1C. The van der Waals surface area contributed by atoms with Gasteiger partial charge in [0.2, 0.25) is 5.91 Å². The molecular formula is C20H25NO3. The molecule has 0 spiro atoms. The van der Waals surface area contributed by atoms with E-state index in [1.165, 1.54) is 0 Å². The number of benzene rings is 1. The van der Waals surface area contributed by atoms with E-state index < -0.39 is 5.41 Å². The fourth-order valence-electron chi connectivity index (χ4n) is 4.22. The Balaban J connectivity index is 1.96. The third-order valence-corrected chi connectivity index (χ3v) is 5.71. The van der Waals surface area contributed by atoms with Crippen LogP contribution >= 0.6 is 0 Å². The predicted molar refractivity (Wildman–Crippen MR) is 92.1 cm³/mol. The standard InChI is InChI=1S/C20H25NO3/c1-4-24-19(23)20(3)13(2)10-11-15-17(20)16(21-18(15)22)12-14-8-6-5-7-9-14/h5-11,13,15-17H,4,12H2,1-3H3,(H,21,22)/t13-,15+,16+,17+,20-/m1/s1. The lowest BCUT2D eigenvalue weighted by molar-refractivity contribution is -0.162. The summed E-state index contributed by atoms with van der Waals surface area (Å²) in [5, 5.41) is 3.12. The summed E-state index contributed by atoms with van der Waals surface area (Å²) in [6.07, 6.45) is 4.68. The molecule has 3 rings (SSSR count). The van der Waals surface area contributed by atoms with E-state index in [0.717, 1.165) is 12.0 Å². The van der Waals surface area contributed by atoms with Crippen molar-refractivity contribution in [1.29, 1.82) is 0 Å². The van der Waals surface area contributed by atoms with E-state index in [-0.39, 0.29) is 35.7 Å². The van der Waals surface area contributed by atoms with Crippen LogP contribution in [0.1, 0.15) is 26.3 Å². The molecular weight excluding hydrogens is 302 g/mol. The molecule has 0 bridgehead atoms. The van der Waals surface area contributed by atoms with Crippen molar-refractivity contribution in [3.05, 3.63) is 48.0 Å². The molecule has 0 saturated carbocycles. The van der Waals surface area contributed by atoms with Gasteiger partial charge in [-0.25, -0.2) is 0 Å². The fraction of sp³-hybridized carbons (Fsp3) is 0.500. The highest BCUT2D eigenvalue weighted by molar-refractivity contribution is 5.87. The van der Waals surface area contributed by atoms with E-state index in [4.69, 9.17) is 4.74 Å². The van der Waals surface area contributed by atoms with Crippen molar-refractivity contribution in [3.8, 4) is 0 Å². The van der Waals surface area contributed by atoms with Crippen LogP contribution < -0.4 is 5.32 Å². The summed E-state index contributed by atoms with van der Waals surface area (Å²) >= 11 is 0. The monoisotopic (exact) mass is 327 g/mol. The lowest BCUT2D eigenvalue weighted by Gasteiger charge is -2.43. The highest BCUT2D eigenvalue weighted by atomic mass is 16.5. The van der Waals surface area contributed by atoms with Crippen LogP contribution in [-0.2, 0) is 20.7 Å². The van der Waals surface area contributed by atoms with Crippen molar-refractivity contribution >= 4 is 11.9 Å². The predicted octanol–water partition coefficient (Wildman–Crippen LogP) is 2.74. The molecule has 128 valence electrons. The van der Waals surface area contributed by atoms with Gasteiger partial charge in [-0.1, -0.05) is 49.4 Å². The maximum atomic E-state index is 12.8. The van der Waals surface area contributed by atoms with Gasteiger partial charge in [0, 0.05) is 12.0 Å². The van der Waals surface area contributed by atoms with Gasteiger partial charge in [-0.15, -0.1) is 0 Å². The van der Waals surface area contributed by atoms with Crippen molar-refractivity contribution < 1.29 is 14.3 Å². The van der Waals surface area contributed by atoms with Gasteiger partial charge in [-0.2, -0.15) is 0 Å². The van der Waals surface area contributed by atoms with Crippen LogP contribution in [0.3, 0.4) is 0 Å².